The molecule has 0 spiro atoms. The molecular weight excluding hydrogens is 277 g/mol. The Morgan fingerprint density at radius 2 is 2.38 bits per heavy atom. The SMILES string of the molecule is CCC(O)c1cc(F)c2c(c1)C(NC(=O)COC)CCO2. The summed E-state index contributed by atoms with van der Waals surface area (Å²) in [6.45, 7) is 2.10. The number of nitrogens with one attached hydrogen (secondary N) is 1. The number of benzene rings is 1. The molecule has 2 atom stereocenters. The predicted octanol–water partition coefficient (Wildman–Crippen LogP) is 1.86. The normalized spacial score (nSPS) is 18.6. The third-order valence-corrected chi connectivity index (χ3v) is 3.51. The van der Waals surface area contributed by atoms with E-state index in [9.17, 15) is 14.3 Å². The summed E-state index contributed by atoms with van der Waals surface area (Å²) in [5.41, 5.74) is 1.05. The maximum Gasteiger partial charge on any atom is 0.246 e. The first-order valence-corrected chi connectivity index (χ1v) is 6.99. The first-order chi connectivity index (χ1) is 10.1. The Morgan fingerprint density at radius 3 is 3.05 bits per heavy atom. The molecule has 1 aliphatic heterocycles. The minimum Gasteiger partial charge on any atom is -0.490 e. The molecule has 0 saturated carbocycles. The average Bonchev–Trinajstić information content (AvgIpc) is 2.47. The van der Waals surface area contributed by atoms with Gasteiger partial charge in [0.1, 0.15) is 6.61 Å². The van der Waals surface area contributed by atoms with E-state index in [2.05, 4.69) is 5.32 Å². The van der Waals surface area contributed by atoms with Crippen LogP contribution in [0.15, 0.2) is 12.1 Å². The monoisotopic (exact) mass is 297 g/mol. The van der Waals surface area contributed by atoms with E-state index in [1.807, 2.05) is 6.92 Å². The maximum absolute atomic E-state index is 14.1. The molecule has 5 nitrogen and oxygen atoms in total. The molecule has 0 aliphatic carbocycles. The molecule has 21 heavy (non-hydrogen) atoms. The third-order valence-electron chi connectivity index (χ3n) is 3.51. The van der Waals surface area contributed by atoms with E-state index in [1.165, 1.54) is 13.2 Å². The lowest BCUT2D eigenvalue weighted by Crippen LogP contribution is -2.34. The molecule has 1 aliphatic rings. The number of rotatable bonds is 5. The fraction of sp³-hybridized carbons (Fsp3) is 0.533. The number of amides is 1. The highest BCUT2D eigenvalue weighted by atomic mass is 19.1. The zero-order valence-corrected chi connectivity index (χ0v) is 12.2. The van der Waals surface area contributed by atoms with Crippen molar-refractivity contribution in [2.75, 3.05) is 20.3 Å². The van der Waals surface area contributed by atoms with Crippen molar-refractivity contribution in [2.45, 2.75) is 31.9 Å². The standard InChI is InChI=1S/C15H20FNO4/c1-3-13(18)9-6-10-12(17-14(19)8-20-2)4-5-21-15(10)11(16)7-9/h6-7,12-13,18H,3-5,8H2,1-2H3,(H,17,19). The van der Waals surface area contributed by atoms with Gasteiger partial charge in [-0.1, -0.05) is 6.92 Å². The van der Waals surface area contributed by atoms with Gasteiger partial charge in [0.25, 0.3) is 0 Å². The molecule has 0 saturated heterocycles. The fourth-order valence-corrected chi connectivity index (χ4v) is 2.43. The molecule has 116 valence electrons. The number of ether oxygens (including phenoxy) is 2. The number of aliphatic hydroxyl groups is 1. The second kappa shape index (κ2) is 6.87. The molecule has 1 aromatic rings. The molecule has 1 heterocycles. The zero-order valence-electron chi connectivity index (χ0n) is 12.2. The Morgan fingerprint density at radius 1 is 1.62 bits per heavy atom. The summed E-state index contributed by atoms with van der Waals surface area (Å²) in [6.07, 6.45) is 0.301. The van der Waals surface area contributed by atoms with E-state index < -0.39 is 11.9 Å². The number of hydrogen-bond donors (Lipinski definition) is 2. The molecule has 2 unspecified atom stereocenters. The second-order valence-electron chi connectivity index (χ2n) is 5.04. The lowest BCUT2D eigenvalue weighted by molar-refractivity contribution is -0.125. The number of halogens is 1. The van der Waals surface area contributed by atoms with E-state index >= 15 is 0 Å². The van der Waals surface area contributed by atoms with Crippen LogP contribution in [0.4, 0.5) is 4.39 Å². The van der Waals surface area contributed by atoms with Crippen molar-refractivity contribution in [3.8, 4) is 5.75 Å². The summed E-state index contributed by atoms with van der Waals surface area (Å²) in [4.78, 5) is 11.7. The van der Waals surface area contributed by atoms with Gasteiger partial charge < -0.3 is 19.9 Å². The zero-order chi connectivity index (χ0) is 15.4. The minimum atomic E-state index is -0.734. The number of hydrogen-bond acceptors (Lipinski definition) is 4. The van der Waals surface area contributed by atoms with Gasteiger partial charge in [0, 0.05) is 19.1 Å². The van der Waals surface area contributed by atoms with Crippen LogP contribution >= 0.6 is 0 Å². The summed E-state index contributed by atoms with van der Waals surface area (Å²) in [6, 6.07) is 2.64. The summed E-state index contributed by atoms with van der Waals surface area (Å²) in [5, 5.41) is 12.7. The first-order valence-electron chi connectivity index (χ1n) is 6.99. The second-order valence-corrected chi connectivity index (χ2v) is 5.04. The maximum atomic E-state index is 14.1. The molecule has 1 amide bonds. The lowest BCUT2D eigenvalue weighted by atomic mass is 9.95. The van der Waals surface area contributed by atoms with Crippen LogP contribution in [-0.4, -0.2) is 31.3 Å². The highest BCUT2D eigenvalue weighted by molar-refractivity contribution is 5.77. The summed E-state index contributed by atoms with van der Waals surface area (Å²) in [5.74, 6) is -0.631. The Balaban J connectivity index is 2.31. The Hall–Kier alpha value is -1.66. The number of fused-ring (bicyclic) bond motifs is 1. The largest absolute Gasteiger partial charge is 0.490 e. The highest BCUT2D eigenvalue weighted by Crippen LogP contribution is 2.36. The van der Waals surface area contributed by atoms with Crippen molar-refractivity contribution in [3.63, 3.8) is 0 Å². The number of methoxy groups -OCH3 is 1. The highest BCUT2D eigenvalue weighted by Gasteiger charge is 2.27. The van der Waals surface area contributed by atoms with E-state index in [-0.39, 0.29) is 24.3 Å². The van der Waals surface area contributed by atoms with E-state index in [0.29, 0.717) is 30.6 Å². The minimum absolute atomic E-state index is 0.0492. The van der Waals surface area contributed by atoms with Gasteiger partial charge >= 0.3 is 0 Å². The van der Waals surface area contributed by atoms with Crippen LogP contribution in [0.5, 0.6) is 5.75 Å². The van der Waals surface area contributed by atoms with Crippen molar-refractivity contribution < 1.29 is 23.8 Å². The Labute approximate surface area is 123 Å². The molecule has 0 radical (unpaired) electrons. The van der Waals surface area contributed by atoms with Crippen LogP contribution in [0.3, 0.4) is 0 Å². The van der Waals surface area contributed by atoms with E-state index in [0.717, 1.165) is 0 Å². The summed E-state index contributed by atoms with van der Waals surface area (Å²) >= 11 is 0. The van der Waals surface area contributed by atoms with E-state index in [1.54, 1.807) is 6.07 Å². The van der Waals surface area contributed by atoms with E-state index in [4.69, 9.17) is 9.47 Å². The molecule has 6 heteroatoms. The van der Waals surface area contributed by atoms with Crippen LogP contribution < -0.4 is 10.1 Å². The van der Waals surface area contributed by atoms with Crippen molar-refractivity contribution >= 4 is 5.91 Å². The van der Waals surface area contributed by atoms with Gasteiger partial charge in [-0.2, -0.15) is 0 Å². The van der Waals surface area contributed by atoms with Gasteiger partial charge in [0.15, 0.2) is 11.6 Å². The van der Waals surface area contributed by atoms with Crippen molar-refractivity contribution in [2.24, 2.45) is 0 Å². The van der Waals surface area contributed by atoms with Gasteiger partial charge in [-0.15, -0.1) is 0 Å². The molecule has 0 bridgehead atoms. The predicted molar refractivity (Wildman–Crippen MR) is 74.5 cm³/mol. The van der Waals surface area contributed by atoms with Crippen LogP contribution in [0, 0.1) is 5.82 Å². The quantitative estimate of drug-likeness (QED) is 0.870. The molecule has 2 N–H and O–H groups in total. The van der Waals surface area contributed by atoms with Crippen LogP contribution in [-0.2, 0) is 9.53 Å². The van der Waals surface area contributed by atoms with Gasteiger partial charge in [-0.25, -0.2) is 4.39 Å². The topological polar surface area (TPSA) is 67.8 Å². The Kier molecular flexibility index (Phi) is 5.14. The first kappa shape index (κ1) is 15.7. The van der Waals surface area contributed by atoms with Crippen molar-refractivity contribution in [1.82, 2.24) is 5.32 Å². The van der Waals surface area contributed by atoms with Crippen molar-refractivity contribution in [3.05, 3.63) is 29.1 Å². The molecule has 0 fully saturated rings. The van der Waals surface area contributed by atoms with Crippen LogP contribution in [0.1, 0.15) is 43.0 Å². The summed E-state index contributed by atoms with van der Waals surface area (Å²) in [7, 11) is 1.44. The third kappa shape index (κ3) is 3.51. The number of aliphatic hydroxyl groups excluding tert-OH is 1. The smallest absolute Gasteiger partial charge is 0.246 e. The molecule has 2 rings (SSSR count). The fourth-order valence-electron chi connectivity index (χ4n) is 2.43. The van der Waals surface area contributed by atoms with Crippen molar-refractivity contribution in [1.29, 1.82) is 0 Å². The molecular formula is C15H20FNO4. The number of carbonyl (C=O) groups is 1. The van der Waals surface area contributed by atoms with Crippen LogP contribution in [0.2, 0.25) is 0 Å². The summed E-state index contributed by atoms with van der Waals surface area (Å²) < 4.78 is 24.2. The average molecular weight is 297 g/mol. The number of carbonyl (C=O) groups excluding carboxylic acids is 1. The Bertz CT molecular complexity index is 521. The van der Waals surface area contributed by atoms with Gasteiger partial charge in [-0.3, -0.25) is 4.79 Å². The lowest BCUT2D eigenvalue weighted by Gasteiger charge is -2.28. The van der Waals surface area contributed by atoms with Gasteiger partial charge in [0.2, 0.25) is 5.91 Å². The van der Waals surface area contributed by atoms with Crippen LogP contribution in [0.25, 0.3) is 0 Å². The van der Waals surface area contributed by atoms with Gasteiger partial charge in [0.05, 0.1) is 18.8 Å². The molecule has 1 aromatic carbocycles. The van der Waals surface area contributed by atoms with Gasteiger partial charge in [-0.05, 0) is 24.1 Å². The molecule has 0 aromatic heterocycles.